The molecule has 1 aliphatic rings. The molecule has 0 spiro atoms. The fourth-order valence-corrected chi connectivity index (χ4v) is 2.85. The van der Waals surface area contributed by atoms with E-state index in [1.807, 2.05) is 31.2 Å². The Morgan fingerprint density at radius 3 is 3.00 bits per heavy atom. The van der Waals surface area contributed by atoms with E-state index < -0.39 is 0 Å². The molecule has 98 valence electrons. The first-order valence-corrected chi connectivity index (χ1v) is 7.04. The van der Waals surface area contributed by atoms with Crippen LogP contribution in [0.25, 0.3) is 11.4 Å². The van der Waals surface area contributed by atoms with Gasteiger partial charge in [-0.1, -0.05) is 24.4 Å². The van der Waals surface area contributed by atoms with Crippen molar-refractivity contribution in [1.29, 1.82) is 0 Å². The molecule has 1 aromatic heterocycles. The van der Waals surface area contributed by atoms with Crippen molar-refractivity contribution in [3.05, 3.63) is 40.2 Å². The van der Waals surface area contributed by atoms with E-state index in [1.54, 1.807) is 0 Å². The molecule has 1 N–H and O–H groups in total. The van der Waals surface area contributed by atoms with Crippen molar-refractivity contribution in [2.75, 3.05) is 6.61 Å². The van der Waals surface area contributed by atoms with Crippen LogP contribution in [-0.2, 0) is 12.8 Å². The lowest BCUT2D eigenvalue weighted by Gasteiger charge is -2.11. The molecule has 0 radical (unpaired) electrons. The third-order valence-corrected chi connectivity index (χ3v) is 3.74. The zero-order valence-corrected chi connectivity index (χ0v) is 11.7. The molecule has 0 fully saturated rings. The van der Waals surface area contributed by atoms with Gasteiger partial charge in [-0.15, -0.1) is 0 Å². The standard InChI is InChI=1S/C15H16N2OS/c1-2-18-13-9-4-3-6-11(13)14-16-12-8-5-7-10(12)15(19)17-14/h3-4,6,9H,2,5,7-8H2,1H3,(H,16,17,19). The fourth-order valence-electron chi connectivity index (χ4n) is 2.53. The number of hydrogen-bond acceptors (Lipinski definition) is 3. The summed E-state index contributed by atoms with van der Waals surface area (Å²) >= 11 is 5.40. The van der Waals surface area contributed by atoms with Crippen LogP contribution in [0, 0.1) is 4.64 Å². The van der Waals surface area contributed by atoms with Crippen molar-refractivity contribution < 1.29 is 4.74 Å². The van der Waals surface area contributed by atoms with E-state index >= 15 is 0 Å². The Morgan fingerprint density at radius 2 is 2.16 bits per heavy atom. The maximum Gasteiger partial charge on any atom is 0.142 e. The van der Waals surface area contributed by atoms with Gasteiger partial charge in [0.1, 0.15) is 16.2 Å². The molecule has 0 bridgehead atoms. The number of fused-ring (bicyclic) bond motifs is 1. The number of ether oxygens (including phenoxy) is 1. The van der Waals surface area contributed by atoms with Gasteiger partial charge in [-0.05, 0) is 38.3 Å². The molecular formula is C15H16N2OS. The van der Waals surface area contributed by atoms with Gasteiger partial charge in [0.2, 0.25) is 0 Å². The summed E-state index contributed by atoms with van der Waals surface area (Å²) in [6, 6.07) is 7.94. The van der Waals surface area contributed by atoms with Gasteiger partial charge in [0, 0.05) is 11.3 Å². The Hall–Kier alpha value is -1.68. The quantitative estimate of drug-likeness (QED) is 0.866. The number of para-hydroxylation sites is 1. The predicted molar refractivity (Wildman–Crippen MR) is 78.1 cm³/mol. The molecule has 1 heterocycles. The lowest BCUT2D eigenvalue weighted by molar-refractivity contribution is 0.341. The van der Waals surface area contributed by atoms with Gasteiger partial charge in [0.15, 0.2) is 0 Å². The first-order chi connectivity index (χ1) is 9.29. The largest absolute Gasteiger partial charge is 0.493 e. The minimum atomic E-state index is 0.642. The molecule has 0 saturated heterocycles. The summed E-state index contributed by atoms with van der Waals surface area (Å²) in [6.45, 7) is 2.62. The Kier molecular flexibility index (Phi) is 3.34. The Balaban J connectivity index is 2.13. The van der Waals surface area contributed by atoms with Crippen LogP contribution < -0.4 is 4.74 Å². The second-order valence-corrected chi connectivity index (χ2v) is 5.02. The minimum Gasteiger partial charge on any atom is -0.493 e. The molecule has 2 aromatic rings. The van der Waals surface area contributed by atoms with Gasteiger partial charge in [0.05, 0.1) is 12.2 Å². The molecule has 3 nitrogen and oxygen atoms in total. The van der Waals surface area contributed by atoms with Crippen LogP contribution in [0.3, 0.4) is 0 Å². The monoisotopic (exact) mass is 272 g/mol. The lowest BCUT2D eigenvalue weighted by Crippen LogP contribution is -2.00. The van der Waals surface area contributed by atoms with Crippen molar-refractivity contribution >= 4 is 12.2 Å². The normalized spacial score (nSPS) is 13.3. The van der Waals surface area contributed by atoms with Crippen LogP contribution in [0.5, 0.6) is 5.75 Å². The van der Waals surface area contributed by atoms with Crippen LogP contribution in [-0.4, -0.2) is 16.6 Å². The van der Waals surface area contributed by atoms with E-state index in [4.69, 9.17) is 17.0 Å². The van der Waals surface area contributed by atoms with Crippen molar-refractivity contribution in [1.82, 2.24) is 9.97 Å². The van der Waals surface area contributed by atoms with E-state index in [9.17, 15) is 0 Å². The van der Waals surface area contributed by atoms with Crippen molar-refractivity contribution in [3.63, 3.8) is 0 Å². The van der Waals surface area contributed by atoms with E-state index in [0.29, 0.717) is 6.61 Å². The summed E-state index contributed by atoms with van der Waals surface area (Å²) in [5, 5.41) is 0. The average Bonchev–Trinajstić information content (AvgIpc) is 2.88. The van der Waals surface area contributed by atoms with Crippen LogP contribution in [0.2, 0.25) is 0 Å². The zero-order chi connectivity index (χ0) is 13.2. The number of nitrogens with zero attached hydrogens (tertiary/aromatic N) is 1. The second-order valence-electron chi connectivity index (χ2n) is 4.63. The number of aryl methyl sites for hydroxylation is 1. The van der Waals surface area contributed by atoms with E-state index in [-0.39, 0.29) is 0 Å². The fraction of sp³-hybridized carbons (Fsp3) is 0.333. The summed E-state index contributed by atoms with van der Waals surface area (Å²) in [5.41, 5.74) is 3.43. The number of nitrogens with one attached hydrogen (secondary N) is 1. The number of H-pyrrole nitrogens is 1. The highest BCUT2D eigenvalue weighted by Gasteiger charge is 2.16. The van der Waals surface area contributed by atoms with Crippen LogP contribution in [0.1, 0.15) is 24.6 Å². The second kappa shape index (κ2) is 5.13. The predicted octanol–water partition coefficient (Wildman–Crippen LogP) is 3.69. The summed E-state index contributed by atoms with van der Waals surface area (Å²) in [6.07, 6.45) is 3.27. The van der Waals surface area contributed by atoms with Gasteiger partial charge in [-0.25, -0.2) is 4.98 Å². The smallest absolute Gasteiger partial charge is 0.142 e. The van der Waals surface area contributed by atoms with Crippen LogP contribution >= 0.6 is 12.2 Å². The molecule has 3 rings (SSSR count). The first kappa shape index (κ1) is 12.4. The molecule has 0 saturated carbocycles. The molecule has 19 heavy (non-hydrogen) atoms. The average molecular weight is 272 g/mol. The minimum absolute atomic E-state index is 0.642. The number of rotatable bonds is 3. The Bertz CT molecular complexity index is 663. The van der Waals surface area contributed by atoms with Gasteiger partial charge in [0.25, 0.3) is 0 Å². The summed E-state index contributed by atoms with van der Waals surface area (Å²) < 4.78 is 6.39. The molecule has 0 aliphatic heterocycles. The zero-order valence-electron chi connectivity index (χ0n) is 10.9. The summed E-state index contributed by atoms with van der Waals surface area (Å²) in [7, 11) is 0. The van der Waals surface area contributed by atoms with Crippen LogP contribution in [0.4, 0.5) is 0 Å². The van der Waals surface area contributed by atoms with Gasteiger partial charge >= 0.3 is 0 Å². The molecular weight excluding hydrogens is 256 g/mol. The number of benzene rings is 1. The highest BCUT2D eigenvalue weighted by Crippen LogP contribution is 2.29. The lowest BCUT2D eigenvalue weighted by atomic mass is 10.1. The first-order valence-electron chi connectivity index (χ1n) is 6.64. The Labute approximate surface area is 117 Å². The maximum absolute atomic E-state index is 5.66. The van der Waals surface area contributed by atoms with Crippen molar-refractivity contribution in [3.8, 4) is 17.1 Å². The summed E-state index contributed by atoms with van der Waals surface area (Å²) in [5.74, 6) is 1.66. The Morgan fingerprint density at radius 1 is 1.32 bits per heavy atom. The van der Waals surface area contributed by atoms with Gasteiger partial charge < -0.3 is 9.72 Å². The van der Waals surface area contributed by atoms with Gasteiger partial charge in [-0.2, -0.15) is 0 Å². The molecule has 0 atom stereocenters. The molecule has 0 unspecified atom stereocenters. The van der Waals surface area contributed by atoms with Crippen LogP contribution in [0.15, 0.2) is 24.3 Å². The highest BCUT2D eigenvalue weighted by molar-refractivity contribution is 7.71. The van der Waals surface area contributed by atoms with Crippen molar-refractivity contribution in [2.24, 2.45) is 0 Å². The maximum atomic E-state index is 5.66. The highest BCUT2D eigenvalue weighted by atomic mass is 32.1. The van der Waals surface area contributed by atoms with E-state index in [1.165, 1.54) is 11.3 Å². The molecule has 4 heteroatoms. The van der Waals surface area contributed by atoms with Gasteiger partial charge in [-0.3, -0.25) is 0 Å². The SMILES string of the molecule is CCOc1ccccc1-c1nc(=S)c2c([nH]1)CCC2. The number of aromatic nitrogens is 2. The topological polar surface area (TPSA) is 37.9 Å². The molecule has 1 aliphatic carbocycles. The summed E-state index contributed by atoms with van der Waals surface area (Å²) in [4.78, 5) is 7.96. The van der Waals surface area contributed by atoms with Crippen molar-refractivity contribution in [2.45, 2.75) is 26.2 Å². The van der Waals surface area contributed by atoms with E-state index in [2.05, 4.69) is 9.97 Å². The number of hydrogen-bond donors (Lipinski definition) is 1. The number of aromatic amines is 1. The third kappa shape index (κ3) is 2.28. The molecule has 0 amide bonds. The molecule has 1 aromatic carbocycles. The third-order valence-electron chi connectivity index (χ3n) is 3.40. The van der Waals surface area contributed by atoms with E-state index in [0.717, 1.165) is 41.0 Å².